The second-order valence-electron chi connectivity index (χ2n) is 6.85. The molecule has 1 atom stereocenters. The summed E-state index contributed by atoms with van der Waals surface area (Å²) in [7, 11) is 0. The Kier molecular flexibility index (Phi) is 4.41. The number of H-pyrrole nitrogens is 1. The summed E-state index contributed by atoms with van der Waals surface area (Å²) in [5.74, 6) is -0.185. The number of carbonyl (C=O) groups excluding carboxylic acids is 1. The Morgan fingerprint density at radius 3 is 2.58 bits per heavy atom. The van der Waals surface area contributed by atoms with Crippen LogP contribution in [0.4, 0.5) is 4.39 Å². The van der Waals surface area contributed by atoms with Gasteiger partial charge in [-0.3, -0.25) is 9.59 Å². The van der Waals surface area contributed by atoms with Crippen molar-refractivity contribution in [1.82, 2.24) is 10.3 Å². The Labute approximate surface area is 155 Å². The van der Waals surface area contributed by atoms with E-state index in [1.165, 1.54) is 12.1 Å². The van der Waals surface area contributed by atoms with Crippen LogP contribution in [0.3, 0.4) is 0 Å². The highest BCUT2D eigenvalue weighted by molar-refractivity contribution is 6.30. The second kappa shape index (κ2) is 6.72. The number of rotatable bonds is 4. The van der Waals surface area contributed by atoms with Crippen LogP contribution in [0.25, 0.3) is 5.57 Å². The minimum absolute atomic E-state index is 0.00883. The normalized spacial score (nSPS) is 20.3. The van der Waals surface area contributed by atoms with Crippen LogP contribution in [0.2, 0.25) is 5.02 Å². The van der Waals surface area contributed by atoms with E-state index in [-0.39, 0.29) is 22.5 Å². The number of amides is 1. The van der Waals surface area contributed by atoms with Crippen LogP contribution in [-0.4, -0.2) is 16.9 Å². The van der Waals surface area contributed by atoms with Crippen molar-refractivity contribution >= 4 is 23.1 Å². The zero-order valence-electron chi connectivity index (χ0n) is 14.0. The van der Waals surface area contributed by atoms with Crippen molar-refractivity contribution < 1.29 is 9.18 Å². The van der Waals surface area contributed by atoms with Crippen molar-refractivity contribution in [3.8, 4) is 0 Å². The molecule has 0 bridgehead atoms. The molecule has 1 aliphatic heterocycles. The molecule has 2 N–H and O–H groups in total. The Hall–Kier alpha value is -2.40. The van der Waals surface area contributed by atoms with Crippen LogP contribution < -0.4 is 10.9 Å². The van der Waals surface area contributed by atoms with Gasteiger partial charge in [0, 0.05) is 29.3 Å². The lowest BCUT2D eigenvalue weighted by molar-refractivity contribution is -0.119. The average molecular weight is 373 g/mol. The predicted molar refractivity (Wildman–Crippen MR) is 98.7 cm³/mol. The molecule has 4 rings (SSSR count). The molecule has 6 heteroatoms. The van der Waals surface area contributed by atoms with Gasteiger partial charge in [0.2, 0.25) is 5.91 Å². The van der Waals surface area contributed by atoms with E-state index in [0.717, 1.165) is 18.4 Å². The highest BCUT2D eigenvalue weighted by atomic mass is 35.5. The summed E-state index contributed by atoms with van der Waals surface area (Å²) >= 11 is 5.80. The number of hydrogen-bond donors (Lipinski definition) is 2. The molecule has 2 fully saturated rings. The average Bonchev–Trinajstić information content (AvgIpc) is 3.37. The van der Waals surface area contributed by atoms with Crippen molar-refractivity contribution in [3.63, 3.8) is 0 Å². The summed E-state index contributed by atoms with van der Waals surface area (Å²) in [4.78, 5) is 26.9. The summed E-state index contributed by atoms with van der Waals surface area (Å²) in [5.41, 5.74) is 2.56. The van der Waals surface area contributed by atoms with Gasteiger partial charge in [-0.05, 0) is 48.9 Å². The number of hydrogen-bond acceptors (Lipinski definition) is 2. The molecule has 0 unspecified atom stereocenters. The van der Waals surface area contributed by atoms with Crippen molar-refractivity contribution in [3.05, 3.63) is 74.4 Å². The topological polar surface area (TPSA) is 62.0 Å². The predicted octanol–water partition coefficient (Wildman–Crippen LogP) is 3.76. The van der Waals surface area contributed by atoms with Crippen molar-refractivity contribution in [2.75, 3.05) is 0 Å². The third-order valence-corrected chi connectivity index (χ3v) is 5.18. The SMILES string of the molecule is O=C1CC[C@H](C=C(c2ccc(Cl)c(F)c2)c2ccc(C3CC3)c(=O)[nH]2)N1. The van der Waals surface area contributed by atoms with Crippen LogP contribution in [0.15, 0.2) is 41.2 Å². The van der Waals surface area contributed by atoms with Gasteiger partial charge in [0.1, 0.15) is 5.82 Å². The van der Waals surface area contributed by atoms with Crippen LogP contribution in [0.1, 0.15) is 48.4 Å². The second-order valence-corrected chi connectivity index (χ2v) is 7.26. The molecule has 134 valence electrons. The standard InChI is InChI=1S/C20H18ClFN2O2/c21-16-6-3-12(9-17(16)22)15(10-13-4-8-19(25)23-13)18-7-5-14(11-1-2-11)20(26)24-18/h3,5-7,9-11,13H,1-2,4,8H2,(H,23,25)(H,24,26)/t13-/m1/s1. The fourth-order valence-electron chi connectivity index (χ4n) is 3.33. The number of carbonyl (C=O) groups is 1. The van der Waals surface area contributed by atoms with Gasteiger partial charge >= 0.3 is 0 Å². The van der Waals surface area contributed by atoms with Crippen molar-refractivity contribution in [2.24, 2.45) is 0 Å². The number of nitrogens with one attached hydrogen (secondary N) is 2. The van der Waals surface area contributed by atoms with E-state index in [1.807, 2.05) is 18.2 Å². The van der Waals surface area contributed by atoms with E-state index >= 15 is 0 Å². The molecular formula is C20H18ClFN2O2. The van der Waals surface area contributed by atoms with E-state index in [9.17, 15) is 14.0 Å². The highest BCUT2D eigenvalue weighted by Gasteiger charge is 2.26. The van der Waals surface area contributed by atoms with Gasteiger partial charge in [-0.25, -0.2) is 4.39 Å². The lowest BCUT2D eigenvalue weighted by atomic mass is 9.98. The quantitative estimate of drug-likeness (QED) is 0.858. The maximum atomic E-state index is 14.0. The largest absolute Gasteiger partial charge is 0.350 e. The van der Waals surface area contributed by atoms with Gasteiger partial charge in [0.25, 0.3) is 5.56 Å². The molecule has 1 aliphatic carbocycles. The van der Waals surface area contributed by atoms with E-state index in [4.69, 9.17) is 11.6 Å². The molecule has 0 radical (unpaired) electrons. The Bertz CT molecular complexity index is 963. The summed E-state index contributed by atoms with van der Waals surface area (Å²) in [6.45, 7) is 0. The summed E-state index contributed by atoms with van der Waals surface area (Å²) in [6.07, 6.45) is 5.09. The molecule has 1 saturated carbocycles. The highest BCUT2D eigenvalue weighted by Crippen LogP contribution is 2.38. The minimum atomic E-state index is -0.525. The summed E-state index contributed by atoms with van der Waals surface area (Å²) in [6, 6.07) is 8.09. The van der Waals surface area contributed by atoms with Gasteiger partial charge in [-0.2, -0.15) is 0 Å². The molecule has 1 aromatic heterocycles. The first kappa shape index (κ1) is 17.0. The zero-order valence-corrected chi connectivity index (χ0v) is 14.8. The van der Waals surface area contributed by atoms with Crippen molar-refractivity contribution in [2.45, 2.75) is 37.6 Å². The van der Waals surface area contributed by atoms with E-state index < -0.39 is 5.82 Å². The molecular weight excluding hydrogens is 355 g/mol. The zero-order chi connectivity index (χ0) is 18.3. The first-order valence-corrected chi connectivity index (χ1v) is 9.09. The molecule has 26 heavy (non-hydrogen) atoms. The minimum Gasteiger partial charge on any atom is -0.350 e. The van der Waals surface area contributed by atoms with Gasteiger partial charge in [-0.15, -0.1) is 0 Å². The molecule has 1 aromatic carbocycles. The van der Waals surface area contributed by atoms with Crippen molar-refractivity contribution in [1.29, 1.82) is 0 Å². The lowest BCUT2D eigenvalue weighted by Gasteiger charge is -2.13. The molecule has 1 saturated heterocycles. The van der Waals surface area contributed by atoms with Gasteiger partial charge in [-0.1, -0.05) is 29.8 Å². The molecule has 1 amide bonds. The Balaban J connectivity index is 1.78. The smallest absolute Gasteiger partial charge is 0.251 e. The summed E-state index contributed by atoms with van der Waals surface area (Å²) in [5, 5.41) is 2.92. The van der Waals surface area contributed by atoms with Gasteiger partial charge < -0.3 is 10.3 Å². The molecule has 0 spiro atoms. The number of aromatic nitrogens is 1. The number of benzene rings is 1. The molecule has 2 aromatic rings. The Morgan fingerprint density at radius 1 is 1.15 bits per heavy atom. The maximum absolute atomic E-state index is 14.0. The van der Waals surface area contributed by atoms with Gasteiger partial charge in [0.15, 0.2) is 0 Å². The first-order chi connectivity index (χ1) is 12.5. The van der Waals surface area contributed by atoms with E-state index in [1.54, 1.807) is 6.07 Å². The first-order valence-electron chi connectivity index (χ1n) is 8.71. The number of aromatic amines is 1. The van der Waals surface area contributed by atoms with E-state index in [2.05, 4.69) is 10.3 Å². The fraction of sp³-hybridized carbons (Fsp3) is 0.300. The van der Waals surface area contributed by atoms with Crippen LogP contribution >= 0.6 is 11.6 Å². The van der Waals surface area contributed by atoms with Crippen LogP contribution in [0, 0.1) is 5.82 Å². The van der Waals surface area contributed by atoms with Crippen LogP contribution in [-0.2, 0) is 4.79 Å². The fourth-order valence-corrected chi connectivity index (χ4v) is 3.44. The van der Waals surface area contributed by atoms with Crippen LogP contribution in [0.5, 0.6) is 0 Å². The molecule has 2 aliphatic rings. The number of halogens is 2. The van der Waals surface area contributed by atoms with Gasteiger partial charge in [0.05, 0.1) is 5.02 Å². The third-order valence-electron chi connectivity index (χ3n) is 4.87. The van der Waals surface area contributed by atoms with E-state index in [0.29, 0.717) is 35.6 Å². The molecule has 4 nitrogen and oxygen atoms in total. The maximum Gasteiger partial charge on any atom is 0.251 e. The third kappa shape index (κ3) is 3.44. The molecule has 2 heterocycles. The monoisotopic (exact) mass is 372 g/mol. The Morgan fingerprint density at radius 2 is 1.96 bits per heavy atom. The summed E-state index contributed by atoms with van der Waals surface area (Å²) < 4.78 is 14.0. The number of pyridine rings is 1. The lowest BCUT2D eigenvalue weighted by Crippen LogP contribution is -2.23.